The zero-order valence-corrected chi connectivity index (χ0v) is 11.1. The molecule has 1 rings (SSSR count). The fraction of sp³-hybridized carbons (Fsp3) is 0.571. The van der Waals surface area contributed by atoms with Gasteiger partial charge in [0.15, 0.2) is 0 Å². The second-order valence-electron chi connectivity index (χ2n) is 4.32. The van der Waals surface area contributed by atoms with Gasteiger partial charge in [-0.1, -0.05) is 19.1 Å². The van der Waals surface area contributed by atoms with Gasteiger partial charge in [-0.05, 0) is 50.7 Å². The molecule has 0 amide bonds. The molecule has 1 atom stereocenters. The van der Waals surface area contributed by atoms with Crippen LogP contribution in [-0.2, 0) is 0 Å². The molecule has 2 N–H and O–H groups in total. The number of hydrogen-bond donors (Lipinski definition) is 1. The maximum Gasteiger partial charge on any atom is 0.118 e. The van der Waals surface area contributed by atoms with Crippen molar-refractivity contribution in [1.82, 2.24) is 4.90 Å². The summed E-state index contributed by atoms with van der Waals surface area (Å²) < 4.78 is 5.18. The molecule has 0 aliphatic carbocycles. The Morgan fingerprint density at radius 1 is 1.29 bits per heavy atom. The highest BCUT2D eigenvalue weighted by Crippen LogP contribution is 2.24. The van der Waals surface area contributed by atoms with E-state index in [0.717, 1.165) is 31.7 Å². The molecule has 0 saturated heterocycles. The molecule has 0 bridgehead atoms. The summed E-state index contributed by atoms with van der Waals surface area (Å²) >= 11 is 0. The molecule has 3 heteroatoms. The van der Waals surface area contributed by atoms with Gasteiger partial charge in [0.25, 0.3) is 0 Å². The van der Waals surface area contributed by atoms with Gasteiger partial charge in [0.1, 0.15) is 5.75 Å². The summed E-state index contributed by atoms with van der Waals surface area (Å²) in [6.45, 7) is 4.01. The molecule has 96 valence electrons. The maximum absolute atomic E-state index is 5.55. The Kier molecular flexibility index (Phi) is 6.01. The minimum absolute atomic E-state index is 0.465. The van der Waals surface area contributed by atoms with Crippen LogP contribution in [0.4, 0.5) is 0 Å². The van der Waals surface area contributed by atoms with Gasteiger partial charge in [0.2, 0.25) is 0 Å². The van der Waals surface area contributed by atoms with Crippen LogP contribution in [0.5, 0.6) is 5.75 Å². The predicted molar refractivity (Wildman–Crippen MR) is 72.3 cm³/mol. The highest BCUT2D eigenvalue weighted by Gasteiger charge is 2.14. The summed E-state index contributed by atoms with van der Waals surface area (Å²) in [5.74, 6) is 0.910. The third kappa shape index (κ3) is 4.02. The van der Waals surface area contributed by atoms with Crippen LogP contribution in [0, 0.1) is 0 Å². The van der Waals surface area contributed by atoms with Crippen molar-refractivity contribution in [3.63, 3.8) is 0 Å². The molecule has 1 aromatic carbocycles. The Morgan fingerprint density at radius 2 is 1.94 bits per heavy atom. The van der Waals surface area contributed by atoms with Crippen LogP contribution in [0.25, 0.3) is 0 Å². The molecular weight excluding hydrogens is 212 g/mol. The first kappa shape index (κ1) is 14.0. The molecule has 1 unspecified atom stereocenters. The van der Waals surface area contributed by atoms with Gasteiger partial charge in [0.05, 0.1) is 7.11 Å². The van der Waals surface area contributed by atoms with Crippen LogP contribution in [0.1, 0.15) is 31.4 Å². The van der Waals surface area contributed by atoms with Gasteiger partial charge < -0.3 is 10.5 Å². The minimum atomic E-state index is 0.465. The van der Waals surface area contributed by atoms with Crippen LogP contribution in [0.15, 0.2) is 24.3 Å². The Balaban J connectivity index is 2.70. The molecule has 0 aliphatic rings. The first-order chi connectivity index (χ1) is 8.22. The van der Waals surface area contributed by atoms with Gasteiger partial charge in [0, 0.05) is 6.04 Å². The maximum atomic E-state index is 5.55. The number of rotatable bonds is 7. The van der Waals surface area contributed by atoms with E-state index < -0.39 is 0 Å². The van der Waals surface area contributed by atoms with Gasteiger partial charge >= 0.3 is 0 Å². The average molecular weight is 236 g/mol. The van der Waals surface area contributed by atoms with Crippen molar-refractivity contribution in [1.29, 1.82) is 0 Å². The summed E-state index contributed by atoms with van der Waals surface area (Å²) in [5, 5.41) is 0. The highest BCUT2D eigenvalue weighted by atomic mass is 16.5. The van der Waals surface area contributed by atoms with Gasteiger partial charge in [-0.25, -0.2) is 0 Å². The Labute approximate surface area is 105 Å². The van der Waals surface area contributed by atoms with Gasteiger partial charge in [-0.3, -0.25) is 4.90 Å². The monoisotopic (exact) mass is 236 g/mol. The smallest absolute Gasteiger partial charge is 0.118 e. The number of nitrogens with zero attached hydrogens (tertiary/aromatic N) is 1. The minimum Gasteiger partial charge on any atom is -0.497 e. The molecule has 1 aromatic rings. The van der Waals surface area contributed by atoms with Crippen molar-refractivity contribution in [2.75, 3.05) is 27.2 Å². The van der Waals surface area contributed by atoms with Crippen LogP contribution in [0.2, 0.25) is 0 Å². The topological polar surface area (TPSA) is 38.5 Å². The molecule has 0 heterocycles. The van der Waals surface area contributed by atoms with Crippen LogP contribution < -0.4 is 10.5 Å². The lowest BCUT2D eigenvalue weighted by atomic mass is 10.0. The van der Waals surface area contributed by atoms with E-state index in [0.29, 0.717) is 6.04 Å². The summed E-state index contributed by atoms with van der Waals surface area (Å²) in [6, 6.07) is 8.80. The van der Waals surface area contributed by atoms with Crippen molar-refractivity contribution in [2.45, 2.75) is 25.8 Å². The van der Waals surface area contributed by atoms with Crippen LogP contribution in [-0.4, -0.2) is 32.1 Å². The number of benzene rings is 1. The standard InChI is InChI=1S/C14H24N2O/c1-4-14(16(2)11-5-10-15)12-6-8-13(17-3)9-7-12/h6-9,14H,4-5,10-11,15H2,1-3H3. The predicted octanol–water partition coefficient (Wildman–Crippen LogP) is 2.43. The van der Waals surface area contributed by atoms with Crippen LogP contribution in [0.3, 0.4) is 0 Å². The van der Waals surface area contributed by atoms with E-state index in [1.54, 1.807) is 7.11 Å². The van der Waals surface area contributed by atoms with Crippen molar-refractivity contribution in [3.8, 4) is 5.75 Å². The normalized spacial score (nSPS) is 12.8. The average Bonchev–Trinajstić information content (AvgIpc) is 2.38. The molecule has 3 nitrogen and oxygen atoms in total. The van der Waals surface area contributed by atoms with Gasteiger partial charge in [-0.2, -0.15) is 0 Å². The second-order valence-corrected chi connectivity index (χ2v) is 4.32. The fourth-order valence-corrected chi connectivity index (χ4v) is 2.12. The van der Waals surface area contributed by atoms with E-state index in [1.807, 2.05) is 12.1 Å². The van der Waals surface area contributed by atoms with Crippen molar-refractivity contribution in [3.05, 3.63) is 29.8 Å². The Morgan fingerprint density at radius 3 is 2.41 bits per heavy atom. The Hall–Kier alpha value is -1.06. The molecule has 0 fully saturated rings. The summed E-state index contributed by atoms with van der Waals surface area (Å²) in [5.41, 5.74) is 6.89. The van der Waals surface area contributed by atoms with Crippen molar-refractivity contribution in [2.24, 2.45) is 5.73 Å². The van der Waals surface area contributed by atoms with E-state index in [-0.39, 0.29) is 0 Å². The quantitative estimate of drug-likeness (QED) is 0.790. The summed E-state index contributed by atoms with van der Waals surface area (Å²) in [4.78, 5) is 2.37. The highest BCUT2D eigenvalue weighted by molar-refractivity contribution is 5.29. The SMILES string of the molecule is CCC(c1ccc(OC)cc1)N(C)CCCN. The van der Waals surface area contributed by atoms with E-state index in [2.05, 4.69) is 31.0 Å². The van der Waals surface area contributed by atoms with E-state index in [4.69, 9.17) is 10.5 Å². The molecule has 0 saturated carbocycles. The van der Waals surface area contributed by atoms with E-state index >= 15 is 0 Å². The fourth-order valence-electron chi connectivity index (χ4n) is 2.12. The molecule has 0 spiro atoms. The van der Waals surface area contributed by atoms with E-state index in [1.165, 1.54) is 5.56 Å². The van der Waals surface area contributed by atoms with Gasteiger partial charge in [-0.15, -0.1) is 0 Å². The lowest BCUT2D eigenvalue weighted by molar-refractivity contribution is 0.237. The summed E-state index contributed by atoms with van der Waals surface area (Å²) in [7, 11) is 3.85. The third-order valence-electron chi connectivity index (χ3n) is 3.13. The third-order valence-corrected chi connectivity index (χ3v) is 3.13. The number of hydrogen-bond acceptors (Lipinski definition) is 3. The lowest BCUT2D eigenvalue weighted by Gasteiger charge is -2.27. The molecule has 0 aliphatic heterocycles. The molecular formula is C14H24N2O. The van der Waals surface area contributed by atoms with Crippen LogP contribution >= 0.6 is 0 Å². The molecule has 0 radical (unpaired) electrons. The molecule has 0 aromatic heterocycles. The summed E-state index contributed by atoms with van der Waals surface area (Å²) in [6.07, 6.45) is 2.15. The molecule has 17 heavy (non-hydrogen) atoms. The largest absolute Gasteiger partial charge is 0.497 e. The first-order valence-corrected chi connectivity index (χ1v) is 6.27. The zero-order valence-electron chi connectivity index (χ0n) is 11.1. The number of nitrogens with two attached hydrogens (primary N) is 1. The Bertz CT molecular complexity index is 311. The number of methoxy groups -OCH3 is 1. The second kappa shape index (κ2) is 7.30. The lowest BCUT2D eigenvalue weighted by Crippen LogP contribution is -2.26. The number of ether oxygens (including phenoxy) is 1. The van der Waals surface area contributed by atoms with E-state index in [9.17, 15) is 0 Å². The zero-order chi connectivity index (χ0) is 12.7. The van der Waals surface area contributed by atoms with Crippen molar-refractivity contribution < 1.29 is 4.74 Å². The first-order valence-electron chi connectivity index (χ1n) is 6.27. The van der Waals surface area contributed by atoms with Crippen molar-refractivity contribution >= 4 is 0 Å².